The van der Waals surface area contributed by atoms with Gasteiger partial charge in [-0.2, -0.15) is 0 Å². The Balaban J connectivity index is 1.39. The van der Waals surface area contributed by atoms with Crippen molar-refractivity contribution < 1.29 is 9.59 Å². The van der Waals surface area contributed by atoms with E-state index in [1.54, 1.807) is 4.90 Å². The van der Waals surface area contributed by atoms with E-state index in [0.29, 0.717) is 12.5 Å². The average molecular weight is 515 g/mol. The molecule has 6 heteroatoms. The van der Waals surface area contributed by atoms with Gasteiger partial charge < -0.3 is 15.5 Å². The zero-order valence-corrected chi connectivity index (χ0v) is 23.7. The Labute approximate surface area is 227 Å². The summed E-state index contributed by atoms with van der Waals surface area (Å²) < 4.78 is 0. The molecule has 0 radical (unpaired) electrons. The third kappa shape index (κ3) is 6.53. The molecule has 4 rings (SSSR count). The molecule has 0 bridgehead atoms. The number of pyridine rings is 1. The molecule has 0 saturated heterocycles. The molecule has 202 valence electrons. The summed E-state index contributed by atoms with van der Waals surface area (Å²) in [4.78, 5) is 32.2. The highest BCUT2D eigenvalue weighted by atomic mass is 16.2. The SMILES string of the molecule is CCC(=O)N(CC(=O)NC1CCC(Nc2cc(C(C)(C)C)nc3ccc(C)cc23)CC1)c1ccccc1C. The number of nitrogens with zero attached hydrogens (tertiary/aromatic N) is 2. The number of carbonyl (C=O) groups excluding carboxylic acids is 2. The maximum absolute atomic E-state index is 13.0. The quantitative estimate of drug-likeness (QED) is 0.381. The highest BCUT2D eigenvalue weighted by Gasteiger charge is 2.26. The fraction of sp³-hybridized carbons (Fsp3) is 0.469. The van der Waals surface area contributed by atoms with Crippen LogP contribution in [0.5, 0.6) is 0 Å². The van der Waals surface area contributed by atoms with E-state index in [1.165, 1.54) is 5.56 Å². The van der Waals surface area contributed by atoms with Gasteiger partial charge in [-0.1, -0.05) is 57.5 Å². The number of para-hydroxylation sites is 1. The first-order valence-corrected chi connectivity index (χ1v) is 13.9. The molecule has 2 N–H and O–H groups in total. The van der Waals surface area contributed by atoms with Crippen molar-refractivity contribution in [3.05, 3.63) is 65.4 Å². The molecule has 1 fully saturated rings. The van der Waals surface area contributed by atoms with E-state index >= 15 is 0 Å². The van der Waals surface area contributed by atoms with Crippen molar-refractivity contribution in [3.63, 3.8) is 0 Å². The van der Waals surface area contributed by atoms with Gasteiger partial charge >= 0.3 is 0 Å². The Morgan fingerprint density at radius 3 is 2.32 bits per heavy atom. The summed E-state index contributed by atoms with van der Waals surface area (Å²) in [7, 11) is 0. The van der Waals surface area contributed by atoms with Crippen LogP contribution < -0.4 is 15.5 Å². The van der Waals surface area contributed by atoms with E-state index in [2.05, 4.69) is 62.6 Å². The first kappa shape index (κ1) is 27.6. The van der Waals surface area contributed by atoms with Crippen molar-refractivity contribution in [2.45, 2.75) is 91.1 Å². The molecule has 0 aliphatic heterocycles. The van der Waals surface area contributed by atoms with E-state index in [4.69, 9.17) is 4.98 Å². The summed E-state index contributed by atoms with van der Waals surface area (Å²) in [5, 5.41) is 8.17. The number of aryl methyl sites for hydroxylation is 2. The molecule has 0 atom stereocenters. The molecule has 2 amide bonds. The second-order valence-electron chi connectivity index (χ2n) is 11.7. The number of anilines is 2. The van der Waals surface area contributed by atoms with Crippen molar-refractivity contribution in [2.75, 3.05) is 16.8 Å². The number of aromatic nitrogens is 1. The molecule has 1 saturated carbocycles. The lowest BCUT2D eigenvalue weighted by atomic mass is 9.89. The summed E-state index contributed by atoms with van der Waals surface area (Å²) in [6.45, 7) is 12.5. The van der Waals surface area contributed by atoms with Gasteiger partial charge in [0.2, 0.25) is 11.8 Å². The topological polar surface area (TPSA) is 74.3 Å². The Hall–Kier alpha value is -3.41. The minimum absolute atomic E-state index is 0.0389. The van der Waals surface area contributed by atoms with Crippen molar-refractivity contribution in [2.24, 2.45) is 0 Å². The van der Waals surface area contributed by atoms with Crippen LogP contribution >= 0.6 is 0 Å². The fourth-order valence-corrected chi connectivity index (χ4v) is 5.23. The lowest BCUT2D eigenvalue weighted by Crippen LogP contribution is -2.46. The number of benzene rings is 2. The maximum Gasteiger partial charge on any atom is 0.240 e. The van der Waals surface area contributed by atoms with E-state index in [0.717, 1.165) is 59.2 Å². The standard InChI is InChI=1S/C32H42N4O2/c1-7-31(38)36(28-11-9-8-10-22(28)3)20-30(37)34-24-15-13-23(14-16-24)33-27-19-29(32(4,5)6)35-26-17-12-21(2)18-25(26)27/h8-12,17-19,23-24H,7,13-16,20H2,1-6H3,(H,33,35)(H,34,37). The van der Waals surface area contributed by atoms with Crippen LogP contribution in [-0.2, 0) is 15.0 Å². The smallest absolute Gasteiger partial charge is 0.240 e. The molecule has 3 aromatic rings. The second-order valence-corrected chi connectivity index (χ2v) is 11.7. The third-order valence-electron chi connectivity index (χ3n) is 7.50. The molecule has 0 spiro atoms. The number of amides is 2. The third-order valence-corrected chi connectivity index (χ3v) is 7.50. The predicted octanol–water partition coefficient (Wildman–Crippen LogP) is 6.43. The molecule has 1 aliphatic rings. The number of hydrogen-bond acceptors (Lipinski definition) is 4. The van der Waals surface area contributed by atoms with Gasteiger partial charge in [-0.15, -0.1) is 0 Å². The van der Waals surface area contributed by atoms with Crippen LogP contribution in [0.4, 0.5) is 11.4 Å². The fourth-order valence-electron chi connectivity index (χ4n) is 5.23. The molecule has 38 heavy (non-hydrogen) atoms. The molecular weight excluding hydrogens is 472 g/mol. The monoisotopic (exact) mass is 514 g/mol. The number of hydrogen-bond donors (Lipinski definition) is 2. The first-order valence-electron chi connectivity index (χ1n) is 13.9. The summed E-state index contributed by atoms with van der Waals surface area (Å²) in [6.07, 6.45) is 4.12. The van der Waals surface area contributed by atoms with Crippen LogP contribution in [0.2, 0.25) is 0 Å². The molecule has 2 aromatic carbocycles. The van der Waals surface area contributed by atoms with Gasteiger partial charge in [0, 0.05) is 46.4 Å². The van der Waals surface area contributed by atoms with E-state index in [9.17, 15) is 9.59 Å². The normalized spacial score (nSPS) is 17.7. The van der Waals surface area contributed by atoms with Crippen molar-refractivity contribution in [3.8, 4) is 0 Å². The predicted molar refractivity (Wildman–Crippen MR) is 157 cm³/mol. The Bertz CT molecular complexity index is 1300. The van der Waals surface area contributed by atoms with Crippen molar-refractivity contribution >= 4 is 34.1 Å². The van der Waals surface area contributed by atoms with Crippen LogP contribution in [0, 0.1) is 13.8 Å². The summed E-state index contributed by atoms with van der Waals surface area (Å²) in [6, 6.07) is 16.8. The van der Waals surface area contributed by atoms with Crippen LogP contribution in [0.15, 0.2) is 48.5 Å². The largest absolute Gasteiger partial charge is 0.382 e. The summed E-state index contributed by atoms with van der Waals surface area (Å²) in [5.41, 5.74) is 6.21. The van der Waals surface area contributed by atoms with E-state index < -0.39 is 0 Å². The lowest BCUT2D eigenvalue weighted by Gasteiger charge is -2.32. The van der Waals surface area contributed by atoms with Gasteiger partial charge in [0.25, 0.3) is 0 Å². The van der Waals surface area contributed by atoms with Crippen LogP contribution in [0.25, 0.3) is 10.9 Å². The van der Waals surface area contributed by atoms with Gasteiger partial charge in [-0.05, 0) is 69.4 Å². The first-order chi connectivity index (χ1) is 18.0. The Kier molecular flexibility index (Phi) is 8.39. The molecular formula is C32H42N4O2. The molecule has 1 heterocycles. The van der Waals surface area contributed by atoms with Gasteiger partial charge in [0.1, 0.15) is 6.54 Å². The zero-order valence-electron chi connectivity index (χ0n) is 23.7. The van der Waals surface area contributed by atoms with E-state index in [-0.39, 0.29) is 29.8 Å². The highest BCUT2D eigenvalue weighted by molar-refractivity contribution is 5.99. The number of rotatable bonds is 7. The number of nitrogens with one attached hydrogen (secondary N) is 2. The Morgan fingerprint density at radius 2 is 1.66 bits per heavy atom. The minimum atomic E-state index is -0.100. The van der Waals surface area contributed by atoms with Crippen LogP contribution in [0.1, 0.15) is 76.6 Å². The van der Waals surface area contributed by atoms with Crippen molar-refractivity contribution in [1.82, 2.24) is 10.3 Å². The highest BCUT2D eigenvalue weighted by Crippen LogP contribution is 2.32. The molecule has 1 aromatic heterocycles. The number of fused-ring (bicyclic) bond motifs is 1. The summed E-state index contributed by atoms with van der Waals surface area (Å²) >= 11 is 0. The van der Waals surface area contributed by atoms with Crippen LogP contribution in [0.3, 0.4) is 0 Å². The average Bonchev–Trinajstić information content (AvgIpc) is 2.88. The van der Waals surface area contributed by atoms with Crippen LogP contribution in [-0.4, -0.2) is 35.4 Å². The molecule has 6 nitrogen and oxygen atoms in total. The zero-order chi connectivity index (χ0) is 27.4. The molecule has 1 aliphatic carbocycles. The van der Waals surface area contributed by atoms with Gasteiger partial charge in [0.05, 0.1) is 5.52 Å². The van der Waals surface area contributed by atoms with E-state index in [1.807, 2.05) is 38.1 Å². The van der Waals surface area contributed by atoms with Gasteiger partial charge in [0.15, 0.2) is 0 Å². The number of carbonyl (C=O) groups is 2. The molecule has 0 unspecified atom stereocenters. The van der Waals surface area contributed by atoms with Gasteiger partial charge in [-0.3, -0.25) is 14.6 Å². The van der Waals surface area contributed by atoms with Crippen molar-refractivity contribution in [1.29, 1.82) is 0 Å². The second kappa shape index (κ2) is 11.5. The Morgan fingerprint density at radius 1 is 0.974 bits per heavy atom. The lowest BCUT2D eigenvalue weighted by molar-refractivity contribution is -0.124. The summed E-state index contributed by atoms with van der Waals surface area (Å²) in [5.74, 6) is -0.145. The maximum atomic E-state index is 13.0. The van der Waals surface area contributed by atoms with Gasteiger partial charge in [-0.25, -0.2) is 0 Å². The minimum Gasteiger partial charge on any atom is -0.382 e.